The topological polar surface area (TPSA) is 197 Å². The Hall–Kier alpha value is -8.76. The van der Waals surface area contributed by atoms with Crippen molar-refractivity contribution in [3.8, 4) is 0 Å². The van der Waals surface area contributed by atoms with Crippen LogP contribution in [0.15, 0.2) is 243 Å². The van der Waals surface area contributed by atoms with E-state index in [1.807, 2.05) is 121 Å². The fourth-order valence-corrected chi connectivity index (χ4v) is 11.4. The summed E-state index contributed by atoms with van der Waals surface area (Å²) < 4.78 is 94.7. The number of carbonyl (C=O) groups excluding carboxylic acids is 4. The first-order valence-corrected chi connectivity index (χ1v) is 31.0. The third-order valence-electron chi connectivity index (χ3n) is 16.1. The molecule has 3 heterocycles. The van der Waals surface area contributed by atoms with Crippen LogP contribution in [0.1, 0.15) is 77.5 Å². The zero-order valence-electron chi connectivity index (χ0n) is 51.6. The van der Waals surface area contributed by atoms with Crippen LogP contribution in [0.2, 0.25) is 0 Å². The van der Waals surface area contributed by atoms with Gasteiger partial charge in [0.25, 0.3) is 0 Å². The van der Waals surface area contributed by atoms with Crippen LogP contribution in [0.4, 0.5) is 0 Å². The van der Waals surface area contributed by atoms with Gasteiger partial charge in [-0.1, -0.05) is 194 Å². The van der Waals surface area contributed by atoms with Crippen molar-refractivity contribution in [1.29, 1.82) is 0 Å². The molecule has 93 heavy (non-hydrogen) atoms. The second-order valence-corrected chi connectivity index (χ2v) is 22.6. The lowest BCUT2D eigenvalue weighted by atomic mass is 9.95. The molecule has 18 heteroatoms. The van der Waals surface area contributed by atoms with E-state index in [0.29, 0.717) is 0 Å². The summed E-state index contributed by atoms with van der Waals surface area (Å²) in [6, 6.07) is 71.7. The molecule has 0 bridgehead atoms. The van der Waals surface area contributed by atoms with E-state index in [0.717, 1.165) is 22.3 Å². The number of rotatable bonds is 26. The van der Waals surface area contributed by atoms with Crippen LogP contribution in [0.3, 0.4) is 0 Å². The van der Waals surface area contributed by atoms with Gasteiger partial charge in [-0.15, -0.1) is 0 Å². The fraction of sp³-hybridized carbons (Fsp3) is 0.307. The van der Waals surface area contributed by atoms with E-state index in [-0.39, 0.29) is 55.3 Å². The molecule has 0 amide bonds. The summed E-state index contributed by atoms with van der Waals surface area (Å²) in [4.78, 5) is 58.3. The van der Waals surface area contributed by atoms with E-state index in [1.165, 1.54) is 7.11 Å². The van der Waals surface area contributed by atoms with Gasteiger partial charge >= 0.3 is 23.9 Å². The predicted octanol–water partition coefficient (Wildman–Crippen LogP) is 11.5. The summed E-state index contributed by atoms with van der Waals surface area (Å²) >= 11 is 0. The zero-order valence-corrected chi connectivity index (χ0v) is 51.6. The van der Waals surface area contributed by atoms with Crippen molar-refractivity contribution in [2.24, 2.45) is 0 Å². The van der Waals surface area contributed by atoms with Gasteiger partial charge < -0.3 is 66.3 Å². The lowest BCUT2D eigenvalue weighted by Crippen LogP contribution is -2.68. The van der Waals surface area contributed by atoms with Crippen molar-refractivity contribution in [2.75, 3.05) is 13.7 Å². The number of carbonyl (C=O) groups is 4. The van der Waals surface area contributed by atoms with Crippen molar-refractivity contribution < 1.29 is 85.5 Å². The van der Waals surface area contributed by atoms with Gasteiger partial charge in [0.1, 0.15) is 36.6 Å². The monoisotopic (exact) mass is 1260 g/mol. The predicted molar refractivity (Wildman–Crippen MR) is 338 cm³/mol. The molecule has 3 aliphatic rings. The van der Waals surface area contributed by atoms with Crippen molar-refractivity contribution in [1.82, 2.24) is 0 Å². The lowest BCUT2D eigenvalue weighted by Gasteiger charge is -2.50. The molecule has 0 unspecified atom stereocenters. The maximum absolute atomic E-state index is 15.0. The summed E-state index contributed by atoms with van der Waals surface area (Å²) in [5.41, 5.74) is 4.11. The Morgan fingerprint density at radius 3 is 0.968 bits per heavy atom. The van der Waals surface area contributed by atoms with Crippen molar-refractivity contribution in [2.45, 2.75) is 132 Å². The van der Waals surface area contributed by atoms with Crippen LogP contribution in [0.5, 0.6) is 0 Å². The Kier molecular flexibility index (Phi) is 23.1. The first-order chi connectivity index (χ1) is 45.6. The van der Waals surface area contributed by atoms with Crippen LogP contribution in [-0.4, -0.2) is 130 Å². The summed E-state index contributed by atoms with van der Waals surface area (Å²) in [5.74, 6) is -3.20. The summed E-state index contributed by atoms with van der Waals surface area (Å²) in [7, 11) is 1.36. The van der Waals surface area contributed by atoms with Gasteiger partial charge in [-0.25, -0.2) is 19.2 Å². The maximum atomic E-state index is 15.0. The van der Waals surface area contributed by atoms with Gasteiger partial charge in [0.2, 0.25) is 0 Å². The third-order valence-corrected chi connectivity index (χ3v) is 16.1. The molecule has 8 aromatic rings. The van der Waals surface area contributed by atoms with Crippen molar-refractivity contribution in [3.05, 3.63) is 287 Å². The highest BCUT2D eigenvalue weighted by Gasteiger charge is 2.58. The van der Waals surface area contributed by atoms with Crippen LogP contribution in [0, 0.1) is 0 Å². The normalized spacial score (nSPS) is 26.0. The molecule has 0 N–H and O–H groups in total. The molecule has 0 saturated carbocycles. The number of esters is 4. The number of benzene rings is 8. The van der Waals surface area contributed by atoms with Crippen molar-refractivity contribution in [3.63, 3.8) is 0 Å². The molecule has 0 radical (unpaired) electrons. The molecule has 18 nitrogen and oxygen atoms in total. The highest BCUT2D eigenvalue weighted by molar-refractivity contribution is 5.91. The molecular formula is C75H74O18. The Morgan fingerprint density at radius 1 is 0.312 bits per heavy atom. The Bertz CT molecular complexity index is 3580. The largest absolute Gasteiger partial charge is 0.453 e. The highest BCUT2D eigenvalue weighted by atomic mass is 16.8. The zero-order chi connectivity index (χ0) is 64.3. The van der Waals surface area contributed by atoms with Gasteiger partial charge in [-0.3, -0.25) is 0 Å². The summed E-state index contributed by atoms with van der Waals surface area (Å²) in [6.07, 6.45) is -20.2. The van der Waals surface area contributed by atoms with E-state index >= 15 is 4.79 Å². The molecule has 15 atom stereocenters. The summed E-state index contributed by atoms with van der Waals surface area (Å²) in [6.45, 7) is 3.66. The maximum Gasteiger partial charge on any atom is 0.338 e. The second-order valence-electron chi connectivity index (χ2n) is 22.6. The quantitative estimate of drug-likeness (QED) is 0.0366. The van der Waals surface area contributed by atoms with Crippen molar-refractivity contribution >= 4 is 23.9 Å². The van der Waals surface area contributed by atoms with E-state index in [2.05, 4.69) is 0 Å². The molecule has 3 fully saturated rings. The molecule has 11 rings (SSSR count). The van der Waals surface area contributed by atoms with Gasteiger partial charge in [0.05, 0.1) is 67.5 Å². The average Bonchev–Trinajstić information content (AvgIpc) is 0.778. The third kappa shape index (κ3) is 17.3. The average molecular weight is 1260 g/mol. The van der Waals surface area contributed by atoms with Crippen LogP contribution < -0.4 is 0 Å². The van der Waals surface area contributed by atoms with Gasteiger partial charge in [0.15, 0.2) is 43.3 Å². The Morgan fingerprint density at radius 2 is 0.602 bits per heavy atom. The Labute approximate surface area is 540 Å². The molecule has 482 valence electrons. The summed E-state index contributed by atoms with van der Waals surface area (Å²) in [5, 5.41) is 0. The van der Waals surface area contributed by atoms with E-state index < -0.39 is 116 Å². The smallest absolute Gasteiger partial charge is 0.338 e. The molecule has 0 aliphatic carbocycles. The number of hydrogen-bond acceptors (Lipinski definition) is 18. The van der Waals surface area contributed by atoms with Gasteiger partial charge in [-0.2, -0.15) is 0 Å². The fourth-order valence-electron chi connectivity index (χ4n) is 11.4. The Balaban J connectivity index is 1.05. The number of methoxy groups -OCH3 is 1. The van der Waals surface area contributed by atoms with Crippen LogP contribution >= 0.6 is 0 Å². The second kappa shape index (κ2) is 32.7. The van der Waals surface area contributed by atoms with E-state index in [9.17, 15) is 14.4 Å². The standard InChI is InChI=1S/C75H74O18/c1-49-60(88-69(76)55-36-20-8-21-37-55)64(67(73(80-3)85-49)90-71(78)57-40-24-10-25-41-57)93-75-68(91-72(79)58-42-26-11-27-43-58)65(61(50(2)86-75)89-70(77)56-38-22-9-23-39-56)92-74-66(84-47-54-34-18-7-19-35-54)63(83-46-53-32-16-6-17-33-53)62(82-45-52-30-14-5-15-31-52)59(87-74)48-81-44-51-28-12-4-13-29-51/h4-43,49-50,59-68,73-75H,44-48H2,1-3H3/t49-,50-,59+,60-,61-,62+,63-,64+,65+,66+,67+,68+,73+,74-,75-/m0/s1. The molecule has 0 spiro atoms. The molecular weight excluding hydrogens is 1190 g/mol. The first-order valence-electron chi connectivity index (χ1n) is 31.0. The minimum Gasteiger partial charge on any atom is -0.453 e. The molecule has 0 aromatic heterocycles. The van der Waals surface area contributed by atoms with Crippen LogP contribution in [-0.2, 0) is 92.7 Å². The first kappa shape index (κ1) is 65.7. The number of ether oxygens (including phenoxy) is 14. The minimum absolute atomic E-state index is 0.0179. The lowest BCUT2D eigenvalue weighted by molar-refractivity contribution is -0.380. The number of hydrogen-bond donors (Lipinski definition) is 0. The van der Waals surface area contributed by atoms with Gasteiger partial charge in [-0.05, 0) is 84.6 Å². The molecule has 8 aromatic carbocycles. The van der Waals surface area contributed by atoms with E-state index in [1.54, 1.807) is 135 Å². The van der Waals surface area contributed by atoms with Crippen LogP contribution in [0.25, 0.3) is 0 Å². The molecule has 3 aliphatic heterocycles. The molecule has 3 saturated heterocycles. The SMILES string of the molecule is CO[C@@H]1O[C@@H](C)[C@H](OC(=O)c2ccccc2)[C@@H](O[C@@H]2O[C@@H](C)[C@H](OC(=O)c3ccccc3)[C@@H](O[C@@H]3O[C@H](COCc4ccccc4)[C@@H](OCc4ccccc4)[C@H](OCc4ccccc4)[C@H]3OCc3ccccc3)[C@H]2OC(=O)c2ccccc2)[C@H]1OC(=O)c1ccccc1. The van der Waals surface area contributed by atoms with Gasteiger partial charge in [0, 0.05) is 7.11 Å². The highest BCUT2D eigenvalue weighted by Crippen LogP contribution is 2.39. The van der Waals surface area contributed by atoms with E-state index in [4.69, 9.17) is 66.3 Å². The minimum atomic E-state index is -1.75.